The molecule has 0 aromatic rings. The van der Waals surface area contributed by atoms with Crippen molar-refractivity contribution < 1.29 is 14.7 Å². The largest absolute Gasteiger partial charge is 0.480 e. The Labute approximate surface area is 90.7 Å². The van der Waals surface area contributed by atoms with E-state index in [0.717, 1.165) is 12.8 Å². The molecule has 5 nitrogen and oxygen atoms in total. The van der Waals surface area contributed by atoms with Crippen molar-refractivity contribution in [2.75, 3.05) is 20.6 Å². The molecule has 0 saturated carbocycles. The zero-order valence-electron chi connectivity index (χ0n) is 9.86. The SMILES string of the molecule is CCCC(C)N(C)C(=O)N(C)CC(=O)O. The summed E-state index contributed by atoms with van der Waals surface area (Å²) in [5.74, 6) is -0.998. The summed E-state index contributed by atoms with van der Waals surface area (Å²) in [4.78, 5) is 24.9. The van der Waals surface area contributed by atoms with Crippen molar-refractivity contribution in [3.05, 3.63) is 0 Å². The van der Waals surface area contributed by atoms with E-state index in [1.807, 2.05) is 6.92 Å². The predicted octanol–water partition coefficient (Wildman–Crippen LogP) is 1.24. The van der Waals surface area contributed by atoms with Gasteiger partial charge in [-0.3, -0.25) is 4.79 Å². The first-order chi connectivity index (χ1) is 6.90. The zero-order chi connectivity index (χ0) is 12.0. The van der Waals surface area contributed by atoms with Gasteiger partial charge in [-0.1, -0.05) is 13.3 Å². The standard InChI is InChI=1S/C10H20N2O3/c1-5-6-8(2)12(4)10(15)11(3)7-9(13)14/h8H,5-7H2,1-4H3,(H,13,14). The number of hydrogen-bond acceptors (Lipinski definition) is 2. The lowest BCUT2D eigenvalue weighted by atomic mass is 10.2. The molecular formula is C10H20N2O3. The van der Waals surface area contributed by atoms with Crippen LogP contribution in [0.25, 0.3) is 0 Å². The molecular weight excluding hydrogens is 196 g/mol. The second-order valence-electron chi connectivity index (χ2n) is 3.78. The lowest BCUT2D eigenvalue weighted by Gasteiger charge is -2.28. The molecule has 88 valence electrons. The maximum Gasteiger partial charge on any atom is 0.323 e. The van der Waals surface area contributed by atoms with Crippen LogP contribution in [0.15, 0.2) is 0 Å². The summed E-state index contributed by atoms with van der Waals surface area (Å²) >= 11 is 0. The van der Waals surface area contributed by atoms with Gasteiger partial charge < -0.3 is 14.9 Å². The molecule has 5 heteroatoms. The number of urea groups is 1. The van der Waals surface area contributed by atoms with Crippen LogP contribution >= 0.6 is 0 Å². The molecule has 15 heavy (non-hydrogen) atoms. The number of carbonyl (C=O) groups is 2. The molecule has 0 aromatic carbocycles. The molecule has 0 fully saturated rings. The highest BCUT2D eigenvalue weighted by Gasteiger charge is 2.19. The highest BCUT2D eigenvalue weighted by atomic mass is 16.4. The fraction of sp³-hybridized carbons (Fsp3) is 0.800. The Bertz CT molecular complexity index is 231. The number of nitrogens with zero attached hydrogens (tertiary/aromatic N) is 2. The summed E-state index contributed by atoms with van der Waals surface area (Å²) < 4.78 is 0. The molecule has 1 atom stereocenters. The third-order valence-corrected chi connectivity index (χ3v) is 2.37. The third-order valence-electron chi connectivity index (χ3n) is 2.37. The first-order valence-corrected chi connectivity index (χ1v) is 5.09. The topological polar surface area (TPSA) is 60.9 Å². The number of likely N-dealkylation sites (N-methyl/N-ethyl adjacent to an activating group) is 1. The van der Waals surface area contributed by atoms with E-state index in [1.165, 1.54) is 11.9 Å². The van der Waals surface area contributed by atoms with Gasteiger partial charge in [0, 0.05) is 20.1 Å². The molecule has 0 bridgehead atoms. The van der Waals surface area contributed by atoms with Crippen LogP contribution < -0.4 is 0 Å². The molecule has 0 spiro atoms. The van der Waals surface area contributed by atoms with Gasteiger partial charge in [0.25, 0.3) is 0 Å². The van der Waals surface area contributed by atoms with Crippen LogP contribution in [0.3, 0.4) is 0 Å². The number of carboxylic acids is 1. The normalized spacial score (nSPS) is 12.0. The molecule has 0 rings (SSSR count). The van der Waals surface area contributed by atoms with Crippen molar-refractivity contribution in [3.8, 4) is 0 Å². The summed E-state index contributed by atoms with van der Waals surface area (Å²) in [6.07, 6.45) is 1.92. The molecule has 0 aliphatic heterocycles. The molecule has 1 N–H and O–H groups in total. The summed E-state index contributed by atoms with van der Waals surface area (Å²) in [5.41, 5.74) is 0. The monoisotopic (exact) mass is 216 g/mol. The Balaban J connectivity index is 4.23. The minimum Gasteiger partial charge on any atom is -0.480 e. The average Bonchev–Trinajstić information content (AvgIpc) is 2.14. The summed E-state index contributed by atoms with van der Waals surface area (Å²) in [5, 5.41) is 8.54. The number of amides is 2. The van der Waals surface area contributed by atoms with E-state index in [0.29, 0.717) is 0 Å². The molecule has 0 aliphatic rings. The van der Waals surface area contributed by atoms with Gasteiger partial charge in [0.05, 0.1) is 0 Å². The van der Waals surface area contributed by atoms with E-state index < -0.39 is 5.97 Å². The maximum absolute atomic E-state index is 11.7. The fourth-order valence-corrected chi connectivity index (χ4v) is 1.34. The van der Waals surface area contributed by atoms with Gasteiger partial charge in [0.1, 0.15) is 6.54 Å². The quantitative estimate of drug-likeness (QED) is 0.752. The third kappa shape index (κ3) is 4.67. The van der Waals surface area contributed by atoms with Crippen molar-refractivity contribution in [2.45, 2.75) is 32.7 Å². The van der Waals surface area contributed by atoms with Crippen molar-refractivity contribution in [1.29, 1.82) is 0 Å². The zero-order valence-corrected chi connectivity index (χ0v) is 9.86. The van der Waals surface area contributed by atoms with Gasteiger partial charge in [-0.25, -0.2) is 4.79 Å². The Kier molecular flexibility index (Phi) is 5.74. The second-order valence-corrected chi connectivity index (χ2v) is 3.78. The van der Waals surface area contributed by atoms with Crippen LogP contribution in [-0.2, 0) is 4.79 Å². The van der Waals surface area contributed by atoms with Crippen LogP contribution in [0.1, 0.15) is 26.7 Å². The van der Waals surface area contributed by atoms with E-state index in [2.05, 4.69) is 6.92 Å². The van der Waals surface area contributed by atoms with Gasteiger partial charge in [-0.15, -0.1) is 0 Å². The Morgan fingerprint density at radius 2 is 1.87 bits per heavy atom. The molecule has 2 amide bonds. The molecule has 1 unspecified atom stereocenters. The van der Waals surface area contributed by atoms with Crippen LogP contribution in [0, 0.1) is 0 Å². The van der Waals surface area contributed by atoms with Crippen LogP contribution in [0.5, 0.6) is 0 Å². The van der Waals surface area contributed by atoms with Gasteiger partial charge >= 0.3 is 12.0 Å². The molecule has 0 heterocycles. The highest BCUT2D eigenvalue weighted by Crippen LogP contribution is 2.06. The number of carbonyl (C=O) groups excluding carboxylic acids is 1. The minimum absolute atomic E-state index is 0.138. The van der Waals surface area contributed by atoms with E-state index in [4.69, 9.17) is 5.11 Å². The molecule has 0 aromatic heterocycles. The van der Waals surface area contributed by atoms with Crippen molar-refractivity contribution >= 4 is 12.0 Å². The number of hydrogen-bond donors (Lipinski definition) is 1. The highest BCUT2D eigenvalue weighted by molar-refractivity contribution is 5.79. The van der Waals surface area contributed by atoms with Crippen LogP contribution in [0.2, 0.25) is 0 Å². The number of aliphatic carboxylic acids is 1. The molecule has 0 radical (unpaired) electrons. The second kappa shape index (κ2) is 6.27. The van der Waals surface area contributed by atoms with Gasteiger partial charge in [-0.2, -0.15) is 0 Å². The summed E-state index contributed by atoms with van der Waals surface area (Å²) in [7, 11) is 3.19. The Morgan fingerprint density at radius 3 is 2.27 bits per heavy atom. The predicted molar refractivity (Wildman–Crippen MR) is 57.8 cm³/mol. The van der Waals surface area contributed by atoms with Gasteiger partial charge in [0.2, 0.25) is 0 Å². The smallest absolute Gasteiger partial charge is 0.323 e. The van der Waals surface area contributed by atoms with E-state index in [-0.39, 0.29) is 18.6 Å². The fourth-order valence-electron chi connectivity index (χ4n) is 1.34. The first-order valence-electron chi connectivity index (χ1n) is 5.09. The van der Waals surface area contributed by atoms with Crippen LogP contribution in [-0.4, -0.2) is 53.6 Å². The number of carboxylic acid groups (broad SMARTS) is 1. The Hall–Kier alpha value is -1.26. The van der Waals surface area contributed by atoms with E-state index in [9.17, 15) is 9.59 Å². The van der Waals surface area contributed by atoms with Gasteiger partial charge in [-0.05, 0) is 13.3 Å². The maximum atomic E-state index is 11.7. The van der Waals surface area contributed by atoms with Crippen molar-refractivity contribution in [1.82, 2.24) is 9.80 Å². The lowest BCUT2D eigenvalue weighted by molar-refractivity contribution is -0.137. The average molecular weight is 216 g/mol. The molecule has 0 aliphatic carbocycles. The number of rotatable bonds is 5. The van der Waals surface area contributed by atoms with Crippen molar-refractivity contribution in [3.63, 3.8) is 0 Å². The van der Waals surface area contributed by atoms with Gasteiger partial charge in [0.15, 0.2) is 0 Å². The molecule has 0 saturated heterocycles. The van der Waals surface area contributed by atoms with E-state index >= 15 is 0 Å². The first kappa shape index (κ1) is 13.7. The summed E-state index contributed by atoms with van der Waals surface area (Å²) in [6, 6.07) is -0.114. The summed E-state index contributed by atoms with van der Waals surface area (Å²) in [6.45, 7) is 3.74. The Morgan fingerprint density at radius 1 is 1.33 bits per heavy atom. The van der Waals surface area contributed by atoms with Crippen LogP contribution in [0.4, 0.5) is 4.79 Å². The lowest BCUT2D eigenvalue weighted by Crippen LogP contribution is -2.45. The minimum atomic E-state index is -0.998. The van der Waals surface area contributed by atoms with E-state index in [1.54, 1.807) is 11.9 Å². The van der Waals surface area contributed by atoms with Crippen molar-refractivity contribution in [2.24, 2.45) is 0 Å².